The molecule has 0 saturated carbocycles. The number of aromatic hydroxyl groups is 1. The average molecular weight is 1110 g/mol. The van der Waals surface area contributed by atoms with Crippen LogP contribution in [0.5, 0.6) is 5.75 Å². The Bertz CT molecular complexity index is 3530. The van der Waals surface area contributed by atoms with Crippen LogP contribution >= 0.6 is 11.3 Å². The van der Waals surface area contributed by atoms with Crippen molar-refractivity contribution in [1.29, 1.82) is 0 Å². The lowest BCUT2D eigenvalue weighted by atomic mass is 9.77. The molecule has 3 atom stereocenters. The highest BCUT2D eigenvalue weighted by Crippen LogP contribution is 2.42. The zero-order valence-electron chi connectivity index (χ0n) is 44.1. The van der Waals surface area contributed by atoms with Gasteiger partial charge in [-0.3, -0.25) is 24.0 Å². The minimum atomic E-state index is -1.96. The van der Waals surface area contributed by atoms with Gasteiger partial charge >= 0.3 is 11.9 Å². The molecule has 2 amide bonds. The number of esters is 2. The van der Waals surface area contributed by atoms with Gasteiger partial charge in [0.2, 0.25) is 16.4 Å². The van der Waals surface area contributed by atoms with Gasteiger partial charge in [0, 0.05) is 28.3 Å². The molecule has 80 heavy (non-hydrogen) atoms. The molecule has 1 aromatic heterocycles. The van der Waals surface area contributed by atoms with E-state index in [1.54, 1.807) is 32.3 Å². The summed E-state index contributed by atoms with van der Waals surface area (Å²) < 4.78 is 28.1. The van der Waals surface area contributed by atoms with Crippen molar-refractivity contribution in [3.8, 4) is 16.9 Å². The number of nitrogens with one attached hydrogen (secondary N) is 2. The first-order valence-corrected chi connectivity index (χ1v) is 27.8. The second-order valence-electron chi connectivity index (χ2n) is 20.6. The summed E-state index contributed by atoms with van der Waals surface area (Å²) in [6.45, 7) is 7.81. The molecule has 6 aromatic rings. The summed E-state index contributed by atoms with van der Waals surface area (Å²) in [4.78, 5) is 82.4. The van der Waals surface area contributed by atoms with Gasteiger partial charge in [-0.1, -0.05) is 157 Å². The van der Waals surface area contributed by atoms with Crippen LogP contribution < -0.4 is 16.1 Å². The van der Waals surface area contributed by atoms with Crippen molar-refractivity contribution in [2.45, 2.75) is 75.4 Å². The van der Waals surface area contributed by atoms with Crippen LogP contribution in [-0.4, -0.2) is 87.2 Å². The number of thiazole rings is 1. The SMILES string of the molecule is CC(C)(C)OC(=O)C(C)(C)O/N=C(\C(=O)NC1C(=O)N2C(C(=O)OC(c3ccccc3)c3ccccc3)=C(Cn3cc4cc(O)c(=O)cc-4cn3)C[S+]([O-])[C@H]12)c1csc(NC(c2ccccc2)(c2ccccc2)c2ccccc2)n1. The zero-order chi connectivity index (χ0) is 56.3. The molecule has 3 N–H and O–H groups in total. The summed E-state index contributed by atoms with van der Waals surface area (Å²) in [5.41, 5.74) is 0.225. The third-order valence-corrected chi connectivity index (χ3v) is 15.8. The van der Waals surface area contributed by atoms with Crippen molar-refractivity contribution >= 4 is 57.1 Å². The van der Waals surface area contributed by atoms with Crippen molar-refractivity contribution in [2.24, 2.45) is 5.16 Å². The fraction of sp³-hybridized carbons (Fsp3) is 0.213. The van der Waals surface area contributed by atoms with Gasteiger partial charge in [-0.25, -0.2) is 14.6 Å². The van der Waals surface area contributed by atoms with Gasteiger partial charge in [0.15, 0.2) is 28.7 Å². The van der Waals surface area contributed by atoms with Crippen LogP contribution in [0.15, 0.2) is 203 Å². The number of anilines is 1. The molecule has 5 aromatic carbocycles. The van der Waals surface area contributed by atoms with E-state index in [9.17, 15) is 33.6 Å². The third kappa shape index (κ3) is 11.2. The number of carbonyl (C=O) groups excluding carboxylic acids is 4. The lowest BCUT2D eigenvalue weighted by Gasteiger charge is -2.49. The Balaban J connectivity index is 1.01. The largest absolute Gasteiger partial charge is 0.614 e. The quantitative estimate of drug-likeness (QED) is 0.0194. The number of β-lactam (4-membered cyclic amide) rings is 1. The predicted octanol–water partition coefficient (Wildman–Crippen LogP) is 8.46. The number of phenolic OH excluding ortho intramolecular Hbond substituents is 1. The molecule has 1 aliphatic carbocycles. The lowest BCUT2D eigenvalue weighted by Crippen LogP contribution is -2.75. The van der Waals surface area contributed by atoms with Crippen molar-refractivity contribution in [3.63, 3.8) is 0 Å². The number of hydrogen-bond acceptors (Lipinski definition) is 15. The molecular formula is C61H55N7O10S2. The minimum absolute atomic E-state index is 0.00508. The van der Waals surface area contributed by atoms with Gasteiger partial charge in [-0.05, 0) is 85.7 Å². The van der Waals surface area contributed by atoms with Crippen molar-refractivity contribution in [2.75, 3.05) is 11.1 Å². The van der Waals surface area contributed by atoms with Crippen LogP contribution in [0.2, 0.25) is 0 Å². The van der Waals surface area contributed by atoms with Crippen LogP contribution in [0.1, 0.15) is 74.2 Å². The monoisotopic (exact) mass is 1110 g/mol. The molecule has 1 saturated heterocycles. The molecular weight excluding hydrogens is 1050 g/mol. The Hall–Kier alpha value is -8.91. The first-order valence-electron chi connectivity index (χ1n) is 25.5. The molecule has 17 nitrogen and oxygen atoms in total. The maximum Gasteiger partial charge on any atom is 0.356 e. The number of amides is 2. The van der Waals surface area contributed by atoms with Crippen LogP contribution in [0.3, 0.4) is 0 Å². The van der Waals surface area contributed by atoms with E-state index in [2.05, 4.69) is 20.9 Å². The number of phenols is 1. The Morgan fingerprint density at radius 2 is 1.35 bits per heavy atom. The molecule has 19 heteroatoms. The number of aromatic nitrogens is 3. The highest BCUT2D eigenvalue weighted by Gasteiger charge is 2.61. The van der Waals surface area contributed by atoms with Crippen molar-refractivity contribution in [3.05, 3.63) is 237 Å². The minimum Gasteiger partial charge on any atom is -0.614 e. The molecule has 4 heterocycles. The molecule has 406 valence electrons. The van der Waals surface area contributed by atoms with Crippen molar-refractivity contribution in [1.82, 2.24) is 25.0 Å². The second kappa shape index (κ2) is 22.4. The molecule has 0 bridgehead atoms. The molecule has 0 radical (unpaired) electrons. The molecule has 1 fully saturated rings. The smallest absolute Gasteiger partial charge is 0.356 e. The number of fused-ring (bicyclic) bond motifs is 2. The van der Waals surface area contributed by atoms with Gasteiger partial charge in [-0.2, -0.15) is 5.10 Å². The van der Waals surface area contributed by atoms with Crippen LogP contribution in [0.25, 0.3) is 11.1 Å². The van der Waals surface area contributed by atoms with E-state index in [0.29, 0.717) is 27.4 Å². The van der Waals surface area contributed by atoms with E-state index in [1.165, 1.54) is 48.2 Å². The lowest BCUT2D eigenvalue weighted by molar-refractivity contribution is -0.179. The normalized spacial score (nSPS) is 16.6. The number of ether oxygens (including phenoxy) is 2. The van der Waals surface area contributed by atoms with E-state index in [-0.39, 0.29) is 29.3 Å². The van der Waals surface area contributed by atoms with E-state index >= 15 is 0 Å². The van der Waals surface area contributed by atoms with Gasteiger partial charge in [0.05, 0.1) is 12.7 Å². The van der Waals surface area contributed by atoms with Gasteiger partial charge < -0.3 is 34.6 Å². The first-order chi connectivity index (χ1) is 38.4. The maximum atomic E-state index is 15.0. The number of hydrogen-bond donors (Lipinski definition) is 3. The summed E-state index contributed by atoms with van der Waals surface area (Å²) in [6.07, 6.45) is 2.03. The summed E-state index contributed by atoms with van der Waals surface area (Å²) in [5, 5.41) is 26.1. The molecule has 0 spiro atoms. The summed E-state index contributed by atoms with van der Waals surface area (Å²) in [6, 6.07) is 48.7. The highest BCUT2D eigenvalue weighted by molar-refractivity contribution is 7.92. The summed E-state index contributed by atoms with van der Waals surface area (Å²) in [5.74, 6) is -4.16. The summed E-state index contributed by atoms with van der Waals surface area (Å²) >= 11 is -0.788. The number of oxime groups is 1. The number of rotatable bonds is 17. The fourth-order valence-corrected chi connectivity index (χ4v) is 12.0. The Kier molecular flexibility index (Phi) is 15.3. The number of nitrogens with zero attached hydrogens (tertiary/aromatic N) is 5. The standard InChI is InChI=1S/C61H55N7O10S2/c1-59(2,3)77-57(74)60(4,5)78-66-49(46-36-79-58(63-46)65-61(43-25-15-8-16-26-43,44-27-17-9-18-28-44)45-29-19-10-20-30-45)53(71)64-50-54(72)68-51(56(73)76-52(38-21-11-6-12-22-38)39-23-13-7-14-24-39)42(37-80(75)55(50)68)35-67-34-41-32-48(70)47(69)31-40(41)33-62-67/h6-34,36,50,52,55,70H,35,37H2,1-5H3,(H,63,65)(H,64,71)/b66-49-/t50?,55-,80?/m1/s1. The number of benzene rings is 6. The molecule has 2 unspecified atom stereocenters. The van der Waals surface area contributed by atoms with Gasteiger partial charge in [0.25, 0.3) is 11.8 Å². The van der Waals surface area contributed by atoms with Crippen LogP contribution in [-0.2, 0) is 56.7 Å². The van der Waals surface area contributed by atoms with Crippen LogP contribution in [0.4, 0.5) is 5.13 Å². The Morgan fingerprint density at radius 3 is 1.90 bits per heavy atom. The molecule has 3 aliphatic heterocycles. The first kappa shape index (κ1) is 54.4. The Morgan fingerprint density at radius 1 is 0.800 bits per heavy atom. The summed E-state index contributed by atoms with van der Waals surface area (Å²) in [7, 11) is 0. The average Bonchev–Trinajstić information content (AvgIpc) is 4.06. The van der Waals surface area contributed by atoms with E-state index < -0.39 is 86.1 Å². The van der Waals surface area contributed by atoms with Gasteiger partial charge in [0.1, 0.15) is 28.3 Å². The fourth-order valence-electron chi connectivity index (χ4n) is 9.54. The maximum absolute atomic E-state index is 15.0. The van der Waals surface area contributed by atoms with Crippen molar-refractivity contribution < 1.29 is 43.1 Å². The van der Waals surface area contributed by atoms with Crippen LogP contribution in [0, 0.1) is 0 Å². The van der Waals surface area contributed by atoms with E-state index in [0.717, 1.165) is 21.6 Å². The third-order valence-electron chi connectivity index (χ3n) is 13.4. The topological polar surface area (TPSA) is 227 Å². The van der Waals surface area contributed by atoms with E-state index in [4.69, 9.17) is 19.3 Å². The Labute approximate surface area is 468 Å². The highest BCUT2D eigenvalue weighted by atomic mass is 32.2. The predicted molar refractivity (Wildman–Crippen MR) is 303 cm³/mol. The molecule has 4 aliphatic rings. The molecule has 10 rings (SSSR count). The number of carbonyl (C=O) groups is 4. The zero-order valence-corrected chi connectivity index (χ0v) is 45.8. The van der Waals surface area contributed by atoms with E-state index in [1.807, 2.05) is 152 Å². The second-order valence-corrected chi connectivity index (χ2v) is 23.0. The van der Waals surface area contributed by atoms with Gasteiger partial charge in [-0.15, -0.1) is 11.3 Å².